The van der Waals surface area contributed by atoms with Gasteiger partial charge in [-0.15, -0.1) is 0 Å². The molecule has 0 atom stereocenters. The second-order valence-electron chi connectivity index (χ2n) is 5.21. The Bertz CT molecular complexity index is 820. The summed E-state index contributed by atoms with van der Waals surface area (Å²) in [7, 11) is 0. The number of nitrogens with two attached hydrogens (primary N) is 1. The molecular weight excluding hydrogens is 386 g/mol. The highest BCUT2D eigenvalue weighted by Crippen LogP contribution is 2.34. The lowest BCUT2D eigenvalue weighted by atomic mass is 10.2. The molecule has 3 aromatic rings. The number of halogens is 1. The first-order valence-corrected chi connectivity index (χ1v) is 8.95. The topological polar surface area (TPSA) is 55.5 Å². The Morgan fingerprint density at radius 1 is 0.958 bits per heavy atom. The van der Waals surface area contributed by atoms with E-state index in [1.54, 1.807) is 23.9 Å². The first-order chi connectivity index (χ1) is 11.6. The Kier molecular flexibility index (Phi) is 5.33. The largest absolute Gasteiger partial charge is 0.508 e. The Morgan fingerprint density at radius 3 is 2.33 bits per heavy atom. The highest BCUT2D eigenvalue weighted by Gasteiger charge is 2.05. The number of hydrogen-bond donors (Lipinski definition) is 2. The van der Waals surface area contributed by atoms with Crippen LogP contribution in [0.1, 0.15) is 5.56 Å². The van der Waals surface area contributed by atoms with Gasteiger partial charge in [-0.3, -0.25) is 0 Å². The molecular formula is C19H16BrNO2S. The van der Waals surface area contributed by atoms with Gasteiger partial charge in [0.05, 0.1) is 0 Å². The van der Waals surface area contributed by atoms with Crippen LogP contribution in [0.2, 0.25) is 0 Å². The minimum atomic E-state index is 0.254. The zero-order valence-corrected chi connectivity index (χ0v) is 15.2. The maximum Gasteiger partial charge on any atom is 0.121 e. The molecule has 0 saturated heterocycles. The quantitative estimate of drug-likeness (QED) is 0.556. The zero-order chi connectivity index (χ0) is 16.9. The van der Waals surface area contributed by atoms with Crippen molar-refractivity contribution in [3.8, 4) is 11.5 Å². The third-order valence-corrected chi connectivity index (χ3v) is 4.99. The molecule has 3 nitrogen and oxygen atoms in total. The third kappa shape index (κ3) is 4.46. The fourth-order valence-corrected chi connectivity index (χ4v) is 3.20. The predicted molar refractivity (Wildman–Crippen MR) is 102 cm³/mol. The van der Waals surface area contributed by atoms with Gasteiger partial charge in [0.25, 0.3) is 0 Å². The van der Waals surface area contributed by atoms with Crippen LogP contribution in [0.5, 0.6) is 11.5 Å². The molecule has 0 fully saturated rings. The van der Waals surface area contributed by atoms with E-state index in [1.165, 1.54) is 0 Å². The molecule has 24 heavy (non-hydrogen) atoms. The van der Waals surface area contributed by atoms with Crippen molar-refractivity contribution >= 4 is 33.4 Å². The van der Waals surface area contributed by atoms with Crippen molar-refractivity contribution in [3.63, 3.8) is 0 Å². The summed E-state index contributed by atoms with van der Waals surface area (Å²) in [6, 6.07) is 20.8. The van der Waals surface area contributed by atoms with E-state index in [1.807, 2.05) is 54.6 Å². The number of hydrogen-bond acceptors (Lipinski definition) is 4. The Hall–Kier alpha value is -2.11. The highest BCUT2D eigenvalue weighted by atomic mass is 79.9. The summed E-state index contributed by atoms with van der Waals surface area (Å²) < 4.78 is 6.84. The molecule has 0 aromatic heterocycles. The minimum Gasteiger partial charge on any atom is -0.508 e. The van der Waals surface area contributed by atoms with E-state index in [0.717, 1.165) is 25.6 Å². The molecule has 0 bridgehead atoms. The molecule has 0 saturated carbocycles. The van der Waals surface area contributed by atoms with Crippen molar-refractivity contribution in [3.05, 3.63) is 76.8 Å². The molecule has 0 heterocycles. The van der Waals surface area contributed by atoms with Crippen molar-refractivity contribution in [1.29, 1.82) is 0 Å². The van der Waals surface area contributed by atoms with Crippen LogP contribution in [0.25, 0.3) is 0 Å². The van der Waals surface area contributed by atoms with Crippen molar-refractivity contribution < 1.29 is 9.84 Å². The van der Waals surface area contributed by atoms with E-state index in [4.69, 9.17) is 10.5 Å². The van der Waals surface area contributed by atoms with Crippen LogP contribution in [0.3, 0.4) is 0 Å². The van der Waals surface area contributed by atoms with E-state index >= 15 is 0 Å². The lowest BCUT2D eigenvalue weighted by Crippen LogP contribution is -1.97. The number of benzene rings is 3. The fourth-order valence-electron chi connectivity index (χ4n) is 2.10. The number of rotatable bonds is 5. The van der Waals surface area contributed by atoms with Crippen molar-refractivity contribution in [2.45, 2.75) is 16.4 Å². The number of anilines is 1. The van der Waals surface area contributed by atoms with Gasteiger partial charge in [0.15, 0.2) is 0 Å². The maximum atomic E-state index is 9.33. The van der Waals surface area contributed by atoms with Crippen LogP contribution in [0.4, 0.5) is 5.69 Å². The lowest BCUT2D eigenvalue weighted by Gasteiger charge is -2.10. The first-order valence-electron chi connectivity index (χ1n) is 7.34. The predicted octanol–water partition coefficient (Wildman–Crippen LogP) is 5.47. The number of phenols is 1. The monoisotopic (exact) mass is 401 g/mol. The SMILES string of the molecule is Nc1cc(OCc2ccc(Br)cc2)ccc1Sc1ccc(O)cc1. The van der Waals surface area contributed by atoms with E-state index in [2.05, 4.69) is 15.9 Å². The van der Waals surface area contributed by atoms with Crippen LogP contribution >= 0.6 is 27.7 Å². The van der Waals surface area contributed by atoms with Crippen molar-refractivity contribution in [2.75, 3.05) is 5.73 Å². The molecule has 0 radical (unpaired) electrons. The maximum absolute atomic E-state index is 9.33. The van der Waals surface area contributed by atoms with Gasteiger partial charge in [-0.25, -0.2) is 0 Å². The first kappa shape index (κ1) is 16.7. The molecule has 122 valence electrons. The van der Waals surface area contributed by atoms with Gasteiger partial charge in [-0.1, -0.05) is 39.8 Å². The normalized spacial score (nSPS) is 10.5. The molecule has 0 aliphatic rings. The Balaban J connectivity index is 1.65. The average molecular weight is 402 g/mol. The molecule has 0 spiro atoms. The van der Waals surface area contributed by atoms with Crippen LogP contribution in [0, 0.1) is 0 Å². The highest BCUT2D eigenvalue weighted by molar-refractivity contribution is 9.10. The van der Waals surface area contributed by atoms with Crippen LogP contribution in [-0.2, 0) is 6.61 Å². The Morgan fingerprint density at radius 2 is 1.67 bits per heavy atom. The van der Waals surface area contributed by atoms with Crippen molar-refractivity contribution in [2.24, 2.45) is 0 Å². The van der Waals surface area contributed by atoms with Gasteiger partial charge in [0.2, 0.25) is 0 Å². The summed E-state index contributed by atoms with van der Waals surface area (Å²) >= 11 is 4.97. The summed E-state index contributed by atoms with van der Waals surface area (Å²) in [5.74, 6) is 0.995. The molecule has 0 aliphatic heterocycles. The molecule has 0 unspecified atom stereocenters. The molecule has 3 rings (SSSR count). The molecule has 0 amide bonds. The number of aromatic hydroxyl groups is 1. The summed E-state index contributed by atoms with van der Waals surface area (Å²) in [6.45, 7) is 0.497. The number of nitrogen functional groups attached to an aromatic ring is 1. The van der Waals surface area contributed by atoms with E-state index in [-0.39, 0.29) is 5.75 Å². The average Bonchev–Trinajstić information content (AvgIpc) is 2.58. The van der Waals surface area contributed by atoms with Gasteiger partial charge < -0.3 is 15.6 Å². The second-order valence-corrected chi connectivity index (χ2v) is 7.24. The number of phenolic OH excluding ortho intramolecular Hbond substituents is 1. The Labute approximate surface area is 153 Å². The van der Waals surface area contributed by atoms with Gasteiger partial charge >= 0.3 is 0 Å². The minimum absolute atomic E-state index is 0.254. The summed E-state index contributed by atoms with van der Waals surface area (Å²) in [6.07, 6.45) is 0. The molecule has 5 heteroatoms. The molecule has 3 aromatic carbocycles. The smallest absolute Gasteiger partial charge is 0.121 e. The van der Waals surface area contributed by atoms with Crippen LogP contribution in [0.15, 0.2) is 81.0 Å². The molecule has 0 aliphatic carbocycles. The van der Waals surface area contributed by atoms with Crippen molar-refractivity contribution in [1.82, 2.24) is 0 Å². The van der Waals surface area contributed by atoms with Gasteiger partial charge in [-0.2, -0.15) is 0 Å². The van der Waals surface area contributed by atoms with Crippen LogP contribution < -0.4 is 10.5 Å². The fraction of sp³-hybridized carbons (Fsp3) is 0.0526. The standard InChI is InChI=1S/C19H16BrNO2S/c20-14-3-1-13(2-4-14)12-23-16-7-10-19(18(21)11-16)24-17-8-5-15(22)6-9-17/h1-11,22H,12,21H2. The van der Waals surface area contributed by atoms with E-state index in [0.29, 0.717) is 12.3 Å². The second kappa shape index (κ2) is 7.64. The van der Waals surface area contributed by atoms with Gasteiger partial charge in [0, 0.05) is 26.0 Å². The summed E-state index contributed by atoms with van der Waals surface area (Å²) in [5.41, 5.74) is 7.90. The van der Waals surface area contributed by atoms with Gasteiger partial charge in [0.1, 0.15) is 18.1 Å². The summed E-state index contributed by atoms with van der Waals surface area (Å²) in [4.78, 5) is 1.97. The molecule has 3 N–H and O–H groups in total. The number of ether oxygens (including phenoxy) is 1. The summed E-state index contributed by atoms with van der Waals surface area (Å²) in [5, 5.41) is 9.33. The van der Waals surface area contributed by atoms with E-state index in [9.17, 15) is 5.11 Å². The zero-order valence-electron chi connectivity index (χ0n) is 12.8. The van der Waals surface area contributed by atoms with Crippen LogP contribution in [-0.4, -0.2) is 5.11 Å². The lowest BCUT2D eigenvalue weighted by molar-refractivity contribution is 0.306. The van der Waals surface area contributed by atoms with E-state index < -0.39 is 0 Å². The van der Waals surface area contributed by atoms with Gasteiger partial charge in [-0.05, 0) is 54.1 Å². The third-order valence-electron chi connectivity index (χ3n) is 3.36.